The molecule has 0 fully saturated rings. The number of halogens is 2. The van der Waals surface area contributed by atoms with Gasteiger partial charge in [-0.25, -0.2) is 9.79 Å². The molecule has 26 heavy (non-hydrogen) atoms. The Bertz CT molecular complexity index is 922. The van der Waals surface area contributed by atoms with Gasteiger partial charge in [0.25, 0.3) is 0 Å². The first-order valence-corrected chi connectivity index (χ1v) is 8.43. The van der Waals surface area contributed by atoms with E-state index in [0.29, 0.717) is 39.4 Å². The maximum Gasteiger partial charge on any atom is 0.363 e. The van der Waals surface area contributed by atoms with Crippen molar-refractivity contribution in [2.45, 2.75) is 6.42 Å². The number of carbonyl (C=O) groups is 1. The summed E-state index contributed by atoms with van der Waals surface area (Å²) in [5.74, 6) is 1.00. The van der Waals surface area contributed by atoms with Crippen LogP contribution in [0, 0.1) is 0 Å². The highest BCUT2D eigenvalue weighted by atomic mass is 35.5. The van der Waals surface area contributed by atoms with Crippen LogP contribution in [-0.4, -0.2) is 26.1 Å². The van der Waals surface area contributed by atoms with Gasteiger partial charge in [-0.1, -0.05) is 35.3 Å². The fraction of sp³-hybridized carbons (Fsp3) is 0.158. The molecule has 0 atom stereocenters. The normalized spacial score (nSPS) is 15.0. The highest BCUT2D eigenvalue weighted by Crippen LogP contribution is 2.29. The van der Waals surface area contributed by atoms with E-state index in [9.17, 15) is 4.79 Å². The molecule has 5 nitrogen and oxygen atoms in total. The zero-order valence-corrected chi connectivity index (χ0v) is 15.6. The quantitative estimate of drug-likeness (QED) is 0.554. The van der Waals surface area contributed by atoms with E-state index < -0.39 is 5.97 Å². The summed E-state index contributed by atoms with van der Waals surface area (Å²) in [6.45, 7) is 0. The van der Waals surface area contributed by atoms with Gasteiger partial charge in [0, 0.05) is 16.5 Å². The maximum atomic E-state index is 12.1. The molecule has 0 unspecified atom stereocenters. The number of esters is 1. The second-order valence-electron chi connectivity index (χ2n) is 5.46. The molecule has 3 rings (SSSR count). The molecule has 2 aromatic rings. The summed E-state index contributed by atoms with van der Waals surface area (Å²) in [4.78, 5) is 16.3. The number of nitrogens with zero attached hydrogens (tertiary/aromatic N) is 1. The second kappa shape index (κ2) is 7.81. The number of ether oxygens (including phenoxy) is 3. The molecule has 1 heterocycles. The standard InChI is InChI=1S/C19H15Cl2NO4/c1-24-16-6-3-11(7-17(16)25-2)8-18-22-15(19(23)26-18)9-12-4-5-13(20)10-14(12)21/h3-7,9-10H,8H2,1-2H3/b15-9-. The third kappa shape index (κ3) is 4.00. The SMILES string of the molecule is COc1ccc(CC2=N/C(=C\c3ccc(Cl)cc3Cl)C(=O)O2)cc1OC. The predicted octanol–water partition coefficient (Wildman–Crippen LogP) is 4.55. The van der Waals surface area contributed by atoms with Gasteiger partial charge in [-0.3, -0.25) is 0 Å². The fourth-order valence-electron chi connectivity index (χ4n) is 2.46. The van der Waals surface area contributed by atoms with Crippen LogP contribution in [0.25, 0.3) is 6.08 Å². The van der Waals surface area contributed by atoms with E-state index in [4.69, 9.17) is 37.4 Å². The van der Waals surface area contributed by atoms with Gasteiger partial charge in [-0.15, -0.1) is 0 Å². The molecule has 1 aliphatic rings. The van der Waals surface area contributed by atoms with E-state index in [1.165, 1.54) is 0 Å². The highest BCUT2D eigenvalue weighted by molar-refractivity contribution is 6.35. The van der Waals surface area contributed by atoms with Crippen LogP contribution in [0.3, 0.4) is 0 Å². The van der Waals surface area contributed by atoms with E-state index >= 15 is 0 Å². The summed E-state index contributed by atoms with van der Waals surface area (Å²) >= 11 is 12.0. The molecule has 0 aromatic heterocycles. The first-order chi connectivity index (χ1) is 12.5. The number of carbonyl (C=O) groups excluding carboxylic acids is 1. The molecular formula is C19H15Cl2NO4. The Hall–Kier alpha value is -2.50. The lowest BCUT2D eigenvalue weighted by Gasteiger charge is -2.09. The predicted molar refractivity (Wildman–Crippen MR) is 101 cm³/mol. The van der Waals surface area contributed by atoms with Crippen LogP contribution in [0.2, 0.25) is 10.0 Å². The lowest BCUT2D eigenvalue weighted by molar-refractivity contribution is -0.130. The molecule has 0 aliphatic carbocycles. The average molecular weight is 392 g/mol. The first-order valence-electron chi connectivity index (χ1n) is 7.67. The summed E-state index contributed by atoms with van der Waals surface area (Å²) < 4.78 is 15.7. The first kappa shape index (κ1) is 18.3. The molecule has 0 bridgehead atoms. The van der Waals surface area contributed by atoms with E-state index in [1.807, 2.05) is 12.1 Å². The lowest BCUT2D eigenvalue weighted by atomic mass is 10.1. The van der Waals surface area contributed by atoms with Crippen molar-refractivity contribution in [3.05, 3.63) is 63.3 Å². The van der Waals surface area contributed by atoms with Crippen LogP contribution in [0.1, 0.15) is 11.1 Å². The van der Waals surface area contributed by atoms with Gasteiger partial charge in [-0.05, 0) is 41.5 Å². The van der Waals surface area contributed by atoms with E-state index in [0.717, 1.165) is 5.56 Å². The highest BCUT2D eigenvalue weighted by Gasteiger charge is 2.23. The van der Waals surface area contributed by atoms with Crippen LogP contribution in [0.5, 0.6) is 11.5 Å². The van der Waals surface area contributed by atoms with Gasteiger partial charge in [0.1, 0.15) is 0 Å². The van der Waals surface area contributed by atoms with Crippen molar-refractivity contribution in [2.75, 3.05) is 14.2 Å². The van der Waals surface area contributed by atoms with Gasteiger partial charge in [0.2, 0.25) is 5.90 Å². The Kier molecular flexibility index (Phi) is 5.49. The van der Waals surface area contributed by atoms with Crippen LogP contribution >= 0.6 is 23.2 Å². The molecule has 0 spiro atoms. The number of benzene rings is 2. The molecule has 1 aliphatic heterocycles. The van der Waals surface area contributed by atoms with Crippen molar-refractivity contribution < 1.29 is 19.0 Å². The van der Waals surface area contributed by atoms with Crippen molar-refractivity contribution in [2.24, 2.45) is 4.99 Å². The molecule has 0 saturated carbocycles. The van der Waals surface area contributed by atoms with Crippen LogP contribution < -0.4 is 9.47 Å². The maximum absolute atomic E-state index is 12.1. The molecule has 7 heteroatoms. The van der Waals surface area contributed by atoms with Crippen molar-refractivity contribution >= 4 is 41.1 Å². The van der Waals surface area contributed by atoms with Crippen molar-refractivity contribution in [3.8, 4) is 11.5 Å². The van der Waals surface area contributed by atoms with Gasteiger partial charge in [0.15, 0.2) is 17.2 Å². The number of aliphatic imine (C=N–C) groups is 1. The number of cyclic esters (lactones) is 1. The molecule has 134 valence electrons. The Morgan fingerprint density at radius 3 is 2.54 bits per heavy atom. The van der Waals surface area contributed by atoms with Crippen LogP contribution in [0.15, 0.2) is 47.1 Å². The van der Waals surface area contributed by atoms with Crippen molar-refractivity contribution in [3.63, 3.8) is 0 Å². The van der Waals surface area contributed by atoms with Gasteiger partial charge < -0.3 is 14.2 Å². The van der Waals surface area contributed by atoms with E-state index in [-0.39, 0.29) is 5.70 Å². The second-order valence-corrected chi connectivity index (χ2v) is 6.30. The van der Waals surface area contributed by atoms with Crippen molar-refractivity contribution in [1.82, 2.24) is 0 Å². The zero-order chi connectivity index (χ0) is 18.7. The van der Waals surface area contributed by atoms with Gasteiger partial charge in [-0.2, -0.15) is 0 Å². The number of rotatable bonds is 5. The minimum Gasteiger partial charge on any atom is -0.493 e. The minimum absolute atomic E-state index is 0.185. The molecule has 0 radical (unpaired) electrons. The lowest BCUT2D eigenvalue weighted by Crippen LogP contribution is -2.07. The minimum atomic E-state index is -0.522. The Balaban J connectivity index is 1.83. The molecule has 0 amide bonds. The van der Waals surface area contributed by atoms with E-state index in [2.05, 4.69) is 4.99 Å². The zero-order valence-electron chi connectivity index (χ0n) is 14.1. The van der Waals surface area contributed by atoms with Gasteiger partial charge >= 0.3 is 5.97 Å². The summed E-state index contributed by atoms with van der Waals surface area (Å²) in [5.41, 5.74) is 1.70. The molecule has 0 N–H and O–H groups in total. The Morgan fingerprint density at radius 2 is 1.85 bits per heavy atom. The Labute approximate surface area is 160 Å². The van der Waals surface area contributed by atoms with Crippen LogP contribution in [-0.2, 0) is 16.0 Å². The Morgan fingerprint density at radius 1 is 1.08 bits per heavy atom. The number of hydrogen-bond donors (Lipinski definition) is 0. The average Bonchev–Trinajstić information content (AvgIpc) is 2.96. The van der Waals surface area contributed by atoms with Crippen LogP contribution in [0.4, 0.5) is 0 Å². The smallest absolute Gasteiger partial charge is 0.363 e. The molecule has 2 aromatic carbocycles. The number of methoxy groups -OCH3 is 2. The molecule has 0 saturated heterocycles. The van der Waals surface area contributed by atoms with Gasteiger partial charge in [0.05, 0.1) is 14.2 Å². The largest absolute Gasteiger partial charge is 0.493 e. The third-order valence-electron chi connectivity index (χ3n) is 3.72. The summed E-state index contributed by atoms with van der Waals surface area (Å²) in [7, 11) is 3.13. The topological polar surface area (TPSA) is 57.1 Å². The summed E-state index contributed by atoms with van der Waals surface area (Å²) in [6.07, 6.45) is 1.92. The van der Waals surface area contributed by atoms with E-state index in [1.54, 1.807) is 44.6 Å². The molecular weight excluding hydrogens is 377 g/mol. The number of hydrogen-bond acceptors (Lipinski definition) is 5. The monoisotopic (exact) mass is 391 g/mol. The van der Waals surface area contributed by atoms with Crippen molar-refractivity contribution in [1.29, 1.82) is 0 Å². The third-order valence-corrected chi connectivity index (χ3v) is 4.29. The fourth-order valence-corrected chi connectivity index (χ4v) is 2.92. The summed E-state index contributed by atoms with van der Waals surface area (Å²) in [5, 5.41) is 0.949. The summed E-state index contributed by atoms with van der Waals surface area (Å²) in [6, 6.07) is 10.5.